The molecular weight excluding hydrogens is 517 g/mol. The molecule has 0 spiro atoms. The predicted octanol–water partition coefficient (Wildman–Crippen LogP) is 4.96. The van der Waals surface area contributed by atoms with Gasteiger partial charge in [-0.05, 0) is 66.4 Å². The largest absolute Gasteiger partial charge is 0.294 e. The van der Waals surface area contributed by atoms with E-state index in [0.29, 0.717) is 24.1 Å². The van der Waals surface area contributed by atoms with E-state index in [0.717, 1.165) is 11.8 Å². The van der Waals surface area contributed by atoms with Gasteiger partial charge in [-0.1, -0.05) is 41.4 Å². The van der Waals surface area contributed by atoms with Crippen LogP contribution < -0.4 is 4.31 Å². The molecule has 34 heavy (non-hydrogen) atoms. The Morgan fingerprint density at radius 3 is 2.15 bits per heavy atom. The molecule has 0 aromatic heterocycles. The van der Waals surface area contributed by atoms with Crippen molar-refractivity contribution in [3.63, 3.8) is 0 Å². The number of halogens is 2. The number of anilines is 1. The number of fused-ring (bicyclic) bond motifs is 1. The third-order valence-electron chi connectivity index (χ3n) is 5.67. The van der Waals surface area contributed by atoms with Gasteiger partial charge in [0, 0.05) is 19.2 Å². The first-order valence-corrected chi connectivity index (χ1v) is 14.5. The molecule has 1 heterocycles. The van der Waals surface area contributed by atoms with Crippen molar-refractivity contribution in [2.24, 2.45) is 0 Å². The Kier molecular flexibility index (Phi) is 6.79. The number of Topliss-reactive ketones (excluding diaryl/α,β-unsaturated/α-hetero) is 1. The summed E-state index contributed by atoms with van der Waals surface area (Å²) in [6.45, 7) is 0.275. The van der Waals surface area contributed by atoms with Crippen LogP contribution in [0.3, 0.4) is 0 Å². The molecule has 1 aliphatic heterocycles. The highest BCUT2D eigenvalue weighted by molar-refractivity contribution is 7.93. The molecule has 0 unspecified atom stereocenters. The normalized spacial score (nSPS) is 14.0. The summed E-state index contributed by atoms with van der Waals surface area (Å²) < 4.78 is 51.6. The molecule has 0 saturated heterocycles. The topological polar surface area (TPSA) is 88.6 Å². The minimum absolute atomic E-state index is 0.00270. The highest BCUT2D eigenvalue weighted by Crippen LogP contribution is 2.34. The van der Waals surface area contributed by atoms with E-state index in [1.54, 1.807) is 30.3 Å². The van der Waals surface area contributed by atoms with Crippen molar-refractivity contribution in [1.82, 2.24) is 0 Å². The van der Waals surface area contributed by atoms with Gasteiger partial charge in [0.05, 0.1) is 31.1 Å². The van der Waals surface area contributed by atoms with Crippen LogP contribution in [-0.2, 0) is 32.7 Å². The van der Waals surface area contributed by atoms with Crippen LogP contribution in [0.25, 0.3) is 0 Å². The molecule has 0 saturated carbocycles. The number of hydrogen-bond donors (Lipinski definition) is 0. The fraction of sp³-hybridized carbons (Fsp3) is 0.208. The van der Waals surface area contributed by atoms with Crippen molar-refractivity contribution < 1.29 is 21.6 Å². The minimum Gasteiger partial charge on any atom is -0.294 e. The lowest BCUT2D eigenvalue weighted by Crippen LogP contribution is -2.35. The van der Waals surface area contributed by atoms with Crippen LogP contribution in [0.5, 0.6) is 0 Å². The second-order valence-electron chi connectivity index (χ2n) is 8.08. The summed E-state index contributed by atoms with van der Waals surface area (Å²) in [5, 5.41) is 0.523. The Labute approximate surface area is 209 Å². The summed E-state index contributed by atoms with van der Waals surface area (Å²) >= 11 is 12.3. The first-order chi connectivity index (χ1) is 16.0. The number of rotatable bonds is 6. The average Bonchev–Trinajstić information content (AvgIpc) is 2.78. The lowest BCUT2D eigenvalue weighted by Gasteiger charge is -2.31. The number of carbonyl (C=O) groups excluding carboxylic acids is 1. The number of sulfone groups is 1. The van der Waals surface area contributed by atoms with E-state index in [1.807, 2.05) is 6.07 Å². The first kappa shape index (κ1) is 24.7. The summed E-state index contributed by atoms with van der Waals surface area (Å²) in [7, 11) is -7.38. The maximum Gasteiger partial charge on any atom is 0.264 e. The van der Waals surface area contributed by atoms with Gasteiger partial charge in [0.25, 0.3) is 10.0 Å². The molecule has 1 aliphatic rings. The fourth-order valence-electron chi connectivity index (χ4n) is 3.97. The van der Waals surface area contributed by atoms with E-state index in [1.165, 1.54) is 28.6 Å². The van der Waals surface area contributed by atoms with E-state index < -0.39 is 19.9 Å². The lowest BCUT2D eigenvalue weighted by atomic mass is 9.97. The van der Waals surface area contributed by atoms with Gasteiger partial charge in [0.2, 0.25) is 0 Å². The van der Waals surface area contributed by atoms with Gasteiger partial charge in [-0.2, -0.15) is 0 Å². The van der Waals surface area contributed by atoms with Crippen molar-refractivity contribution in [3.05, 3.63) is 87.4 Å². The molecule has 3 aromatic rings. The molecule has 0 atom stereocenters. The van der Waals surface area contributed by atoms with E-state index in [4.69, 9.17) is 23.2 Å². The second-order valence-corrected chi connectivity index (χ2v) is 12.8. The van der Waals surface area contributed by atoms with E-state index in [2.05, 4.69) is 0 Å². The van der Waals surface area contributed by atoms with Crippen LogP contribution in [0.4, 0.5) is 5.69 Å². The fourth-order valence-corrected chi connectivity index (χ4v) is 6.74. The molecule has 10 heteroatoms. The lowest BCUT2D eigenvalue weighted by molar-refractivity contribution is 0.0993. The molecule has 6 nitrogen and oxygen atoms in total. The molecule has 4 rings (SSSR count). The zero-order valence-electron chi connectivity index (χ0n) is 18.2. The van der Waals surface area contributed by atoms with Crippen molar-refractivity contribution in [1.29, 1.82) is 0 Å². The van der Waals surface area contributed by atoms with E-state index >= 15 is 0 Å². The molecule has 3 aromatic carbocycles. The average molecular weight is 538 g/mol. The van der Waals surface area contributed by atoms with Gasteiger partial charge >= 0.3 is 0 Å². The second kappa shape index (κ2) is 9.34. The zero-order chi connectivity index (χ0) is 24.7. The standard InChI is InChI=1S/C24H21Cl2NO5S2/c1-33(29,30)18-9-11-19(12-10-18)34(31,32)27-13-3-4-17-8-7-16(14-22(17)27)15-23(28)24-20(25)5-2-6-21(24)26/h2,5-12,14H,3-4,13,15H2,1H3. The molecule has 178 valence electrons. The number of aryl methyl sites for hydroxylation is 1. The van der Waals surface area contributed by atoms with Gasteiger partial charge in [-0.25, -0.2) is 16.8 Å². The summed E-state index contributed by atoms with van der Waals surface area (Å²) in [5.74, 6) is -0.267. The van der Waals surface area contributed by atoms with Crippen molar-refractivity contribution in [3.8, 4) is 0 Å². The summed E-state index contributed by atoms with van der Waals surface area (Å²) in [5.41, 5.74) is 2.23. The third-order valence-corrected chi connectivity index (χ3v) is 9.26. The maximum absolute atomic E-state index is 13.4. The third kappa shape index (κ3) is 4.86. The van der Waals surface area contributed by atoms with Crippen LogP contribution in [0, 0.1) is 0 Å². The van der Waals surface area contributed by atoms with E-state index in [9.17, 15) is 21.6 Å². The molecule has 0 aliphatic carbocycles. The van der Waals surface area contributed by atoms with Gasteiger partial charge in [-0.15, -0.1) is 0 Å². The molecule has 0 bridgehead atoms. The number of nitrogens with zero attached hydrogens (tertiary/aromatic N) is 1. The Balaban J connectivity index is 1.67. The summed E-state index contributed by atoms with van der Waals surface area (Å²) in [4.78, 5) is 12.9. The van der Waals surface area contributed by atoms with Crippen LogP contribution in [-0.4, -0.2) is 35.4 Å². The van der Waals surface area contributed by atoms with Crippen molar-refractivity contribution in [2.45, 2.75) is 29.1 Å². The Morgan fingerprint density at radius 2 is 1.53 bits per heavy atom. The summed E-state index contributed by atoms with van der Waals surface area (Å²) in [6.07, 6.45) is 2.42. The molecule has 0 radical (unpaired) electrons. The quantitative estimate of drug-likeness (QED) is 0.414. The number of sulfonamides is 1. The number of benzene rings is 3. The van der Waals surface area contributed by atoms with Gasteiger partial charge in [0.15, 0.2) is 15.6 Å². The van der Waals surface area contributed by atoms with Crippen molar-refractivity contribution >= 4 is 54.5 Å². The van der Waals surface area contributed by atoms with Crippen molar-refractivity contribution in [2.75, 3.05) is 17.1 Å². The molecule has 0 fully saturated rings. The molecule has 0 N–H and O–H groups in total. The smallest absolute Gasteiger partial charge is 0.264 e. The monoisotopic (exact) mass is 537 g/mol. The van der Waals surface area contributed by atoms with Crippen LogP contribution >= 0.6 is 23.2 Å². The minimum atomic E-state index is -3.94. The number of hydrogen-bond acceptors (Lipinski definition) is 5. The Morgan fingerprint density at radius 1 is 0.912 bits per heavy atom. The highest BCUT2D eigenvalue weighted by Gasteiger charge is 2.30. The Bertz CT molecular complexity index is 1460. The summed E-state index contributed by atoms with van der Waals surface area (Å²) in [6, 6.07) is 15.4. The Hall–Kier alpha value is -2.39. The highest BCUT2D eigenvalue weighted by atomic mass is 35.5. The van der Waals surface area contributed by atoms with E-state index in [-0.39, 0.29) is 44.1 Å². The van der Waals surface area contributed by atoms with Crippen LogP contribution in [0.2, 0.25) is 10.0 Å². The van der Waals surface area contributed by atoms with Crippen LogP contribution in [0.1, 0.15) is 27.9 Å². The van der Waals surface area contributed by atoms with Gasteiger partial charge in [0.1, 0.15) is 0 Å². The van der Waals surface area contributed by atoms with Gasteiger partial charge in [-0.3, -0.25) is 9.10 Å². The number of carbonyl (C=O) groups is 1. The van der Waals surface area contributed by atoms with Gasteiger partial charge < -0.3 is 0 Å². The molecule has 0 amide bonds. The SMILES string of the molecule is CS(=O)(=O)c1ccc(S(=O)(=O)N2CCCc3ccc(CC(=O)c4c(Cl)cccc4Cl)cc32)cc1. The molecular formula is C24H21Cl2NO5S2. The first-order valence-electron chi connectivity index (χ1n) is 10.4. The predicted molar refractivity (Wildman–Crippen MR) is 133 cm³/mol. The zero-order valence-corrected chi connectivity index (χ0v) is 21.3. The number of ketones is 1. The van der Waals surface area contributed by atoms with Crippen LogP contribution in [0.15, 0.2) is 70.5 Å². The maximum atomic E-state index is 13.4.